The van der Waals surface area contributed by atoms with Crippen molar-refractivity contribution in [3.63, 3.8) is 0 Å². The fourth-order valence-electron chi connectivity index (χ4n) is 3.19. The third-order valence-corrected chi connectivity index (χ3v) is 5.30. The fourth-order valence-corrected chi connectivity index (χ4v) is 3.75. The van der Waals surface area contributed by atoms with E-state index in [4.69, 9.17) is 16.3 Å². The van der Waals surface area contributed by atoms with Crippen molar-refractivity contribution >= 4 is 44.3 Å². The molecule has 0 bridgehead atoms. The predicted octanol–water partition coefficient (Wildman–Crippen LogP) is 4.94. The highest BCUT2D eigenvalue weighted by Gasteiger charge is 2.29. The average molecular weight is 432 g/mol. The van der Waals surface area contributed by atoms with Crippen molar-refractivity contribution in [2.45, 2.75) is 12.5 Å². The molecule has 0 aliphatic carbocycles. The molecular weight excluding hydrogens is 416 g/mol. The van der Waals surface area contributed by atoms with Gasteiger partial charge in [-0.1, -0.05) is 45.7 Å². The van der Waals surface area contributed by atoms with Gasteiger partial charge in [0.2, 0.25) is 0 Å². The number of para-hydroxylation sites is 1. The highest BCUT2D eigenvalue weighted by atomic mass is 79.9. The van der Waals surface area contributed by atoms with Gasteiger partial charge in [-0.15, -0.1) is 0 Å². The summed E-state index contributed by atoms with van der Waals surface area (Å²) >= 11 is 9.58. The molecule has 0 N–H and O–H groups in total. The summed E-state index contributed by atoms with van der Waals surface area (Å²) in [5, 5.41) is 1.50. The van der Waals surface area contributed by atoms with E-state index in [0.717, 1.165) is 27.5 Å². The zero-order chi connectivity index (χ0) is 18.1. The summed E-state index contributed by atoms with van der Waals surface area (Å²) in [5.41, 5.74) is 1.35. The van der Waals surface area contributed by atoms with Gasteiger partial charge in [0.1, 0.15) is 17.4 Å². The molecule has 1 aliphatic rings. The zero-order valence-corrected chi connectivity index (χ0v) is 16.2. The number of halogens is 2. The van der Waals surface area contributed by atoms with Crippen LogP contribution in [0.15, 0.2) is 59.2 Å². The molecule has 6 heteroatoms. The lowest BCUT2D eigenvalue weighted by atomic mass is 10.2. The maximum Gasteiger partial charge on any atom is 0.255 e. The van der Waals surface area contributed by atoms with E-state index in [9.17, 15) is 4.79 Å². The van der Waals surface area contributed by atoms with Gasteiger partial charge >= 0.3 is 0 Å². The van der Waals surface area contributed by atoms with Gasteiger partial charge in [-0.2, -0.15) is 0 Å². The van der Waals surface area contributed by atoms with Gasteiger partial charge in [-0.05, 0) is 30.3 Å². The summed E-state index contributed by atoms with van der Waals surface area (Å²) in [6, 6.07) is 15.1. The summed E-state index contributed by atoms with van der Waals surface area (Å²) in [6.45, 7) is 1.18. The average Bonchev–Trinajstić information content (AvgIpc) is 3.12. The summed E-state index contributed by atoms with van der Waals surface area (Å²) in [7, 11) is 0. The first kappa shape index (κ1) is 17.3. The Bertz CT molecular complexity index is 974. The minimum absolute atomic E-state index is 0.0579. The number of nitrogens with zero attached hydrogens (tertiary/aromatic N) is 2. The van der Waals surface area contributed by atoms with Crippen molar-refractivity contribution in [3.8, 4) is 5.75 Å². The Kier molecular flexibility index (Phi) is 4.83. The first-order chi connectivity index (χ1) is 12.6. The summed E-state index contributed by atoms with van der Waals surface area (Å²) in [5.74, 6) is 0.682. The molecule has 1 atom stereocenters. The zero-order valence-electron chi connectivity index (χ0n) is 13.9. The molecule has 4 nitrogen and oxygen atoms in total. The highest BCUT2D eigenvalue weighted by Crippen LogP contribution is 2.28. The SMILES string of the molecule is O=C(c1cc(Br)ccc1Cl)N1CC[C@@H](Oc2cccc3cccnc23)C1. The lowest BCUT2D eigenvalue weighted by Gasteiger charge is -2.18. The second-order valence-electron chi connectivity index (χ2n) is 6.24. The second-order valence-corrected chi connectivity index (χ2v) is 7.56. The van der Waals surface area contributed by atoms with Crippen molar-refractivity contribution in [2.75, 3.05) is 13.1 Å². The van der Waals surface area contributed by atoms with Crippen LogP contribution in [0.25, 0.3) is 10.9 Å². The van der Waals surface area contributed by atoms with Crippen LogP contribution in [0.3, 0.4) is 0 Å². The van der Waals surface area contributed by atoms with E-state index in [1.807, 2.05) is 36.4 Å². The lowest BCUT2D eigenvalue weighted by molar-refractivity contribution is 0.0773. The Labute approximate surface area is 164 Å². The number of fused-ring (bicyclic) bond motifs is 1. The summed E-state index contributed by atoms with van der Waals surface area (Å²) < 4.78 is 6.99. The van der Waals surface area contributed by atoms with Gasteiger partial charge in [0.05, 0.1) is 17.1 Å². The molecule has 1 saturated heterocycles. The van der Waals surface area contributed by atoms with Crippen molar-refractivity contribution in [1.29, 1.82) is 0 Å². The number of pyridine rings is 1. The molecule has 132 valence electrons. The smallest absolute Gasteiger partial charge is 0.255 e. The lowest BCUT2D eigenvalue weighted by Crippen LogP contribution is -2.31. The Morgan fingerprint density at radius 2 is 2.08 bits per heavy atom. The van der Waals surface area contributed by atoms with Gasteiger partial charge in [0, 0.05) is 29.0 Å². The Morgan fingerprint density at radius 1 is 1.23 bits per heavy atom. The number of hydrogen-bond donors (Lipinski definition) is 0. The Hall–Kier alpha value is -2.11. The molecule has 2 aromatic carbocycles. The van der Waals surface area contributed by atoms with Crippen molar-refractivity contribution in [3.05, 3.63) is 69.8 Å². The van der Waals surface area contributed by atoms with E-state index in [1.165, 1.54) is 0 Å². The predicted molar refractivity (Wildman–Crippen MR) is 106 cm³/mol. The third kappa shape index (κ3) is 3.41. The molecule has 1 fully saturated rings. The molecule has 1 amide bonds. The van der Waals surface area contributed by atoms with Gasteiger partial charge in [-0.25, -0.2) is 0 Å². The number of hydrogen-bond acceptors (Lipinski definition) is 3. The molecule has 0 radical (unpaired) electrons. The van der Waals surface area contributed by atoms with Gasteiger partial charge in [0.15, 0.2) is 0 Å². The fraction of sp³-hybridized carbons (Fsp3) is 0.200. The molecule has 3 aromatic rings. The number of rotatable bonds is 3. The minimum Gasteiger partial charge on any atom is -0.486 e. The number of likely N-dealkylation sites (tertiary alicyclic amines) is 1. The largest absolute Gasteiger partial charge is 0.486 e. The van der Waals surface area contributed by atoms with Gasteiger partial charge in [-0.3, -0.25) is 9.78 Å². The number of ether oxygens (including phenoxy) is 1. The third-order valence-electron chi connectivity index (χ3n) is 4.48. The molecule has 2 heterocycles. The standard InChI is InChI=1S/C20H16BrClN2O2/c21-14-6-7-17(22)16(11-14)20(25)24-10-8-15(12-24)26-18-5-1-3-13-4-2-9-23-19(13)18/h1-7,9,11,15H,8,10,12H2/t15-/m1/s1. The van der Waals surface area contributed by atoms with Gasteiger partial charge in [0.25, 0.3) is 5.91 Å². The number of carbonyl (C=O) groups excluding carboxylic acids is 1. The molecule has 26 heavy (non-hydrogen) atoms. The van der Waals surface area contributed by atoms with E-state index in [1.54, 1.807) is 23.2 Å². The normalized spacial score (nSPS) is 16.8. The topological polar surface area (TPSA) is 42.4 Å². The molecule has 0 spiro atoms. The van der Waals surface area contributed by atoms with Crippen LogP contribution in [0.5, 0.6) is 5.75 Å². The maximum absolute atomic E-state index is 12.8. The Morgan fingerprint density at radius 3 is 2.96 bits per heavy atom. The van der Waals surface area contributed by atoms with Crippen LogP contribution in [0.4, 0.5) is 0 Å². The van der Waals surface area contributed by atoms with E-state index in [2.05, 4.69) is 20.9 Å². The van der Waals surface area contributed by atoms with Crippen LogP contribution in [0.1, 0.15) is 16.8 Å². The summed E-state index contributed by atoms with van der Waals surface area (Å²) in [4.78, 5) is 19.0. The van der Waals surface area contributed by atoms with Crippen LogP contribution in [0.2, 0.25) is 5.02 Å². The molecule has 0 unspecified atom stereocenters. The van der Waals surface area contributed by atoms with Crippen molar-refractivity contribution < 1.29 is 9.53 Å². The Balaban J connectivity index is 1.50. The molecule has 1 aromatic heterocycles. The minimum atomic E-state index is -0.0709. The second kappa shape index (κ2) is 7.25. The molecule has 0 saturated carbocycles. The quantitative estimate of drug-likeness (QED) is 0.589. The van der Waals surface area contributed by atoms with E-state index < -0.39 is 0 Å². The van der Waals surface area contributed by atoms with E-state index >= 15 is 0 Å². The van der Waals surface area contributed by atoms with Crippen LogP contribution in [0, 0.1) is 0 Å². The number of carbonyl (C=O) groups is 1. The number of benzene rings is 2. The van der Waals surface area contributed by atoms with Gasteiger partial charge < -0.3 is 9.64 Å². The van der Waals surface area contributed by atoms with E-state index in [0.29, 0.717) is 23.7 Å². The van der Waals surface area contributed by atoms with Crippen LogP contribution in [-0.2, 0) is 0 Å². The summed E-state index contributed by atoms with van der Waals surface area (Å²) in [6.07, 6.45) is 2.48. The maximum atomic E-state index is 12.8. The van der Waals surface area contributed by atoms with E-state index in [-0.39, 0.29) is 12.0 Å². The van der Waals surface area contributed by atoms with Crippen molar-refractivity contribution in [2.24, 2.45) is 0 Å². The van der Waals surface area contributed by atoms with Crippen molar-refractivity contribution in [1.82, 2.24) is 9.88 Å². The first-order valence-corrected chi connectivity index (χ1v) is 9.53. The van der Waals surface area contributed by atoms with Crippen LogP contribution in [-0.4, -0.2) is 35.0 Å². The number of aromatic nitrogens is 1. The molecule has 1 aliphatic heterocycles. The molecular formula is C20H16BrClN2O2. The van der Waals surface area contributed by atoms with Crippen LogP contribution >= 0.6 is 27.5 Å². The van der Waals surface area contributed by atoms with Crippen LogP contribution < -0.4 is 4.74 Å². The monoisotopic (exact) mass is 430 g/mol. The highest BCUT2D eigenvalue weighted by molar-refractivity contribution is 9.10. The molecule has 4 rings (SSSR count). The first-order valence-electron chi connectivity index (χ1n) is 8.36. The number of amides is 1.